The minimum Gasteiger partial charge on any atom is -0.493 e. The number of ether oxygens (including phenoxy) is 3. The first-order valence-corrected chi connectivity index (χ1v) is 31.2. The van der Waals surface area contributed by atoms with E-state index in [2.05, 4.69) is 16.0 Å². The molecule has 4 aliphatic heterocycles. The second-order valence-electron chi connectivity index (χ2n) is 22.5. The predicted molar refractivity (Wildman–Crippen MR) is 319 cm³/mol. The second kappa shape index (κ2) is 28.8. The number of benzene rings is 4. The van der Waals surface area contributed by atoms with Gasteiger partial charge < -0.3 is 50.8 Å². The predicted octanol–water partition coefficient (Wildman–Crippen LogP) is 6.93. The molecule has 1 saturated heterocycles. The maximum atomic E-state index is 14.3. The van der Waals surface area contributed by atoms with Crippen molar-refractivity contribution in [1.82, 2.24) is 20.4 Å². The summed E-state index contributed by atoms with van der Waals surface area (Å²) in [6, 6.07) is 17.0. The summed E-state index contributed by atoms with van der Waals surface area (Å²) >= 11 is 6.43. The van der Waals surface area contributed by atoms with Gasteiger partial charge in [0.1, 0.15) is 24.0 Å². The molecule has 1 aliphatic carbocycles. The second-order valence-corrected chi connectivity index (χ2v) is 23.4. The monoisotopic (exact) mass is 1220 g/mol. The van der Waals surface area contributed by atoms with Crippen LogP contribution in [-0.4, -0.2) is 138 Å². The molecule has 5 aliphatic rings. The van der Waals surface area contributed by atoms with E-state index >= 15 is 0 Å². The van der Waals surface area contributed by atoms with Crippen molar-refractivity contribution in [2.24, 2.45) is 11.1 Å². The van der Waals surface area contributed by atoms with Gasteiger partial charge in [-0.25, -0.2) is 4.52 Å². The number of unbranched alkanes of at least 4 members (excludes halogenated alkanes) is 5. The van der Waals surface area contributed by atoms with Crippen molar-refractivity contribution in [2.45, 2.75) is 133 Å². The van der Waals surface area contributed by atoms with Crippen molar-refractivity contribution < 1.29 is 71.7 Å². The van der Waals surface area contributed by atoms with Gasteiger partial charge in [-0.05, 0) is 136 Å². The molecule has 22 nitrogen and oxygen atoms in total. The molecule has 2 fully saturated rings. The number of imide groups is 1. The van der Waals surface area contributed by atoms with E-state index in [0.29, 0.717) is 132 Å². The molecule has 9 rings (SSSR count). The first-order valence-electron chi connectivity index (χ1n) is 29.6. The number of aliphatic hydroxyl groups is 1. The summed E-state index contributed by atoms with van der Waals surface area (Å²) in [6.45, 7) is 1.69. The molecular weight excluding hydrogens is 1150 g/mol. The lowest BCUT2D eigenvalue weighted by molar-refractivity contribution is -0.151. The molecule has 0 bridgehead atoms. The van der Waals surface area contributed by atoms with Crippen molar-refractivity contribution in [3.8, 4) is 17.2 Å². The molecular formula is C62H74ClN7O15P+. The van der Waals surface area contributed by atoms with Crippen LogP contribution in [-0.2, 0) is 49.5 Å². The van der Waals surface area contributed by atoms with Crippen molar-refractivity contribution in [2.75, 3.05) is 62.5 Å². The highest BCUT2D eigenvalue weighted by Gasteiger charge is 2.52. The number of nitrogens with one attached hydrogen (secondary N) is 3. The quantitative estimate of drug-likeness (QED) is 0.00802. The topological polar surface area (TPSA) is 303 Å². The van der Waals surface area contributed by atoms with E-state index in [4.69, 9.17) is 36.1 Å². The zero-order valence-corrected chi connectivity index (χ0v) is 49.8. The van der Waals surface area contributed by atoms with Crippen LogP contribution >= 0.6 is 19.9 Å². The summed E-state index contributed by atoms with van der Waals surface area (Å²) in [5.74, 6) is -3.86. The summed E-state index contributed by atoms with van der Waals surface area (Å²) in [6.07, 6.45) is 8.65. The summed E-state index contributed by atoms with van der Waals surface area (Å²) in [5.41, 5.74) is 7.27. The van der Waals surface area contributed by atoms with Crippen molar-refractivity contribution in [3.05, 3.63) is 101 Å². The van der Waals surface area contributed by atoms with E-state index in [1.165, 1.54) is 30.2 Å². The Kier molecular flexibility index (Phi) is 21.1. The third-order valence-corrected chi connectivity index (χ3v) is 17.8. The largest absolute Gasteiger partial charge is 0.747 e. The van der Waals surface area contributed by atoms with Gasteiger partial charge in [-0.1, -0.05) is 42.8 Å². The van der Waals surface area contributed by atoms with Crippen LogP contribution < -0.4 is 40.6 Å². The van der Waals surface area contributed by atoms with Crippen molar-refractivity contribution in [1.29, 1.82) is 0 Å². The lowest BCUT2D eigenvalue weighted by Gasteiger charge is -2.39. The van der Waals surface area contributed by atoms with E-state index in [9.17, 15) is 52.9 Å². The molecule has 86 heavy (non-hydrogen) atoms. The van der Waals surface area contributed by atoms with Gasteiger partial charge in [-0.3, -0.25) is 43.3 Å². The van der Waals surface area contributed by atoms with Gasteiger partial charge in [0.05, 0.1) is 31.5 Å². The number of carbonyl (C=O) groups is 8. The molecule has 0 aromatic heterocycles. The Morgan fingerprint density at radius 1 is 0.860 bits per heavy atom. The Hall–Kier alpha value is -7.49. The van der Waals surface area contributed by atoms with Crippen molar-refractivity contribution in [3.63, 3.8) is 0 Å². The molecule has 24 heteroatoms. The Labute approximate surface area is 504 Å². The highest BCUT2D eigenvalue weighted by molar-refractivity contribution is 7.32. The molecule has 4 heterocycles. The number of anilines is 2. The Bertz CT molecular complexity index is 3250. The number of nitrogens with two attached hydrogens (primary N) is 1. The molecule has 3 unspecified atom stereocenters. The Morgan fingerprint density at radius 2 is 1.60 bits per heavy atom. The molecule has 4 aromatic rings. The van der Waals surface area contributed by atoms with Crippen LogP contribution in [0.15, 0.2) is 78.9 Å². The smallest absolute Gasteiger partial charge is 0.493 e. The molecule has 0 spiro atoms. The maximum absolute atomic E-state index is 14.3. The average molecular weight is 1220 g/mol. The highest BCUT2D eigenvalue weighted by atomic mass is 35.5. The van der Waals surface area contributed by atoms with Gasteiger partial charge in [0.2, 0.25) is 23.6 Å². The molecule has 6 atom stereocenters. The summed E-state index contributed by atoms with van der Waals surface area (Å²) in [4.78, 5) is 121. The number of hydrogen-bond donors (Lipinski definition) is 6. The number of nitrogens with zero attached hydrogens (tertiary/aromatic N) is 3. The van der Waals surface area contributed by atoms with Crippen molar-refractivity contribution >= 4 is 89.3 Å². The van der Waals surface area contributed by atoms with Crippen LogP contribution in [0.5, 0.6) is 17.2 Å². The number of alkyl halides is 1. The Balaban J connectivity index is 0.791. The summed E-state index contributed by atoms with van der Waals surface area (Å²) < 4.78 is 34.9. The average Bonchev–Trinajstić information content (AvgIpc) is 1.62. The van der Waals surface area contributed by atoms with Crippen LogP contribution in [0.1, 0.15) is 135 Å². The number of amides is 7. The maximum Gasteiger partial charge on any atom is 0.747 e. The molecule has 4 aromatic carbocycles. The normalized spacial score (nSPS) is 19.7. The Morgan fingerprint density at radius 3 is 2.30 bits per heavy atom. The highest BCUT2D eigenvalue weighted by Crippen LogP contribution is 2.48. The van der Waals surface area contributed by atoms with Gasteiger partial charge in [0, 0.05) is 83.8 Å². The van der Waals surface area contributed by atoms with Crippen LogP contribution in [0.25, 0.3) is 10.8 Å². The number of hydrogen-bond acceptors (Lipinski definition) is 15. The fraction of sp³-hybridized carbons (Fsp3) is 0.484. The molecule has 458 valence electrons. The number of carbonyl (C=O) groups excluding carboxylic acids is 8. The number of esters is 1. The van der Waals surface area contributed by atoms with Gasteiger partial charge >= 0.3 is 14.2 Å². The molecule has 7 N–H and O–H groups in total. The van der Waals surface area contributed by atoms with Gasteiger partial charge in [0.15, 0.2) is 17.2 Å². The fourth-order valence-electron chi connectivity index (χ4n) is 12.2. The van der Waals surface area contributed by atoms with Crippen LogP contribution in [0, 0.1) is 5.41 Å². The van der Waals surface area contributed by atoms with E-state index in [-0.39, 0.29) is 96.4 Å². The number of halogens is 1. The van der Waals surface area contributed by atoms with E-state index in [1.54, 1.807) is 58.3 Å². The first kappa shape index (κ1) is 63.0. The van der Waals surface area contributed by atoms with E-state index in [1.807, 2.05) is 12.1 Å². The number of fused-ring (bicyclic) bond motifs is 5. The molecule has 7 amide bonds. The van der Waals surface area contributed by atoms with Crippen LogP contribution in [0.2, 0.25) is 0 Å². The fourth-order valence-corrected chi connectivity index (χ4v) is 12.8. The van der Waals surface area contributed by atoms with E-state index < -0.39 is 61.5 Å². The van der Waals surface area contributed by atoms with E-state index in [0.717, 1.165) is 10.9 Å². The summed E-state index contributed by atoms with van der Waals surface area (Å²) in [5, 5.41) is 22.0. The van der Waals surface area contributed by atoms with Gasteiger partial charge in [-0.15, -0.1) is 16.5 Å². The zero-order valence-electron chi connectivity index (χ0n) is 48.1. The van der Waals surface area contributed by atoms with Crippen LogP contribution in [0.3, 0.4) is 0 Å². The first-order chi connectivity index (χ1) is 41.6. The molecule has 0 radical (unpaired) electrons. The number of aliphatic hydroxyl groups excluding tert-OH is 1. The minimum atomic E-state index is -2.96. The zero-order chi connectivity index (χ0) is 61.1. The van der Waals surface area contributed by atoms with Gasteiger partial charge in [0.25, 0.3) is 17.7 Å². The third kappa shape index (κ3) is 14.0. The lowest BCUT2D eigenvalue weighted by Crippen LogP contribution is -2.58. The summed E-state index contributed by atoms with van der Waals surface area (Å²) in [7, 11) is -1.51. The number of methoxy groups -OCH3 is 1. The standard InChI is InChI=1S/C62H73ClN7O15P/c1-82-49-33-44-43(32-50(49)83-31-11-2-4-18-51(71)70-36-39(35-63)54-42-15-6-5-14-41(42)48(34-47(54)70)85-86(80)81)55(56(74)46-17-12-30-68(46)58(44)76)59(77)84-37-38-19-21-40(22-20-38)66-57(75)45(16-7-8-27-64)67-61(79)62(25-13-26-62)60(78)65-28-9-3-10-29-69-52(72)23-24-53(69)73/h5-6,14-15,19-24,32-34,39,45-46,55-56,74H,2-4,7-13,16-18,25-31,35-37,64H2,1H3,(H3-,65,66,67,75,78,79,80,81)/p+1/t39-,45+,46+,55?,56?/m1/s1. The lowest BCUT2D eigenvalue weighted by atomic mass is 9.67. The third-order valence-electron chi connectivity index (χ3n) is 17.0. The van der Waals surface area contributed by atoms with Gasteiger partial charge in [-0.2, -0.15) is 0 Å². The van der Waals surface area contributed by atoms with Crippen LogP contribution in [0.4, 0.5) is 11.4 Å². The number of rotatable bonds is 29. The molecule has 1 saturated carbocycles. The SMILES string of the molecule is COc1cc2c(cc1OCCCCCC(=O)N1C[C@@H](CCl)c3c1cc(O[P+](=O)O)c1ccccc31)C(C(=O)OCc1ccc(NC(=O)[C@H](CCCCN)NC(=O)C3(C(=O)NCCCCCN4C(=O)C=CC4=O)CCC3)cc1)C(O)[C@@H]1CCCN1C2=O. The minimum absolute atomic E-state index is 0.134.